The molecule has 2 aromatic rings. The number of aliphatic hydroxyl groups is 1. The van der Waals surface area contributed by atoms with Crippen molar-refractivity contribution in [2.75, 3.05) is 0 Å². The average molecular weight is 363 g/mol. The second kappa shape index (κ2) is 6.52. The first-order chi connectivity index (χ1) is 11.0. The van der Waals surface area contributed by atoms with Crippen molar-refractivity contribution in [1.82, 2.24) is 15.5 Å². The fraction of sp³-hybridized carbons (Fsp3) is 0.500. The Morgan fingerprint density at radius 2 is 2.04 bits per heavy atom. The lowest BCUT2D eigenvalue weighted by molar-refractivity contribution is -0.267. The number of carbonyl (C=O) groups is 1. The van der Waals surface area contributed by atoms with Crippen LogP contribution in [0.4, 0.5) is 13.2 Å². The van der Waals surface area contributed by atoms with Gasteiger partial charge in [-0.25, -0.2) is 4.98 Å². The first-order valence-corrected chi connectivity index (χ1v) is 7.82. The van der Waals surface area contributed by atoms with Gasteiger partial charge in [-0.15, -0.1) is 11.3 Å². The number of halogens is 3. The highest BCUT2D eigenvalue weighted by Gasteiger charge is 2.58. The van der Waals surface area contributed by atoms with Crippen LogP contribution in [0.2, 0.25) is 0 Å². The molecule has 0 spiro atoms. The van der Waals surface area contributed by atoms with E-state index in [0.29, 0.717) is 34.0 Å². The lowest BCUT2D eigenvalue weighted by Gasteiger charge is -2.27. The summed E-state index contributed by atoms with van der Waals surface area (Å²) in [7, 11) is 0. The van der Waals surface area contributed by atoms with Gasteiger partial charge in [0.15, 0.2) is 0 Å². The van der Waals surface area contributed by atoms with E-state index < -0.39 is 29.1 Å². The molecule has 132 valence electrons. The van der Waals surface area contributed by atoms with Crippen molar-refractivity contribution in [1.29, 1.82) is 0 Å². The van der Waals surface area contributed by atoms with Gasteiger partial charge in [0.25, 0.3) is 0 Å². The summed E-state index contributed by atoms with van der Waals surface area (Å²) in [5, 5.41) is 17.0. The van der Waals surface area contributed by atoms with E-state index in [2.05, 4.69) is 15.5 Å². The van der Waals surface area contributed by atoms with E-state index in [0.717, 1.165) is 0 Å². The summed E-state index contributed by atoms with van der Waals surface area (Å²) in [5.74, 6) is -0.489. The zero-order chi connectivity index (χ0) is 18.1. The number of nitrogens with zero attached hydrogens (tertiary/aromatic N) is 2. The van der Waals surface area contributed by atoms with Crippen molar-refractivity contribution in [3.63, 3.8) is 0 Å². The van der Waals surface area contributed by atoms with Crippen LogP contribution < -0.4 is 5.32 Å². The van der Waals surface area contributed by atoms with Crippen LogP contribution in [-0.4, -0.2) is 27.3 Å². The van der Waals surface area contributed by atoms with Crippen molar-refractivity contribution >= 4 is 17.2 Å². The van der Waals surface area contributed by atoms with Gasteiger partial charge in [0.1, 0.15) is 10.8 Å². The van der Waals surface area contributed by atoms with Gasteiger partial charge in [-0.05, 0) is 20.8 Å². The van der Waals surface area contributed by atoms with Crippen LogP contribution >= 0.6 is 11.3 Å². The molecule has 0 aliphatic carbocycles. The third kappa shape index (κ3) is 3.59. The number of hydrogen-bond acceptors (Lipinski definition) is 6. The summed E-state index contributed by atoms with van der Waals surface area (Å²) in [5.41, 5.74) is -1.86. The van der Waals surface area contributed by atoms with Gasteiger partial charge in [-0.1, -0.05) is 5.16 Å². The number of amides is 1. The molecule has 2 heterocycles. The zero-order valence-electron chi connectivity index (χ0n) is 13.2. The fourth-order valence-corrected chi connectivity index (χ4v) is 2.99. The number of aryl methyl sites for hydroxylation is 3. The molecule has 0 aromatic carbocycles. The number of rotatable bonds is 5. The molecular weight excluding hydrogens is 347 g/mol. The van der Waals surface area contributed by atoms with Gasteiger partial charge in [-0.3, -0.25) is 4.79 Å². The lowest BCUT2D eigenvalue weighted by Crippen LogP contribution is -2.46. The van der Waals surface area contributed by atoms with Crippen molar-refractivity contribution in [3.05, 3.63) is 33.1 Å². The number of thiazole rings is 1. The number of carbonyl (C=O) groups excluding carboxylic acids is 1. The molecule has 0 aliphatic heterocycles. The first-order valence-electron chi connectivity index (χ1n) is 6.94. The SMILES string of the molecule is Cc1csc([C@](O)(CC(=O)NCc2c(C)noc2C)C(F)(F)F)n1. The van der Waals surface area contributed by atoms with E-state index in [4.69, 9.17) is 4.52 Å². The maximum Gasteiger partial charge on any atom is 0.424 e. The van der Waals surface area contributed by atoms with Crippen LogP contribution in [0, 0.1) is 20.8 Å². The summed E-state index contributed by atoms with van der Waals surface area (Å²) >= 11 is 0.660. The van der Waals surface area contributed by atoms with E-state index in [1.807, 2.05) is 0 Å². The maximum atomic E-state index is 13.3. The largest absolute Gasteiger partial charge is 0.424 e. The van der Waals surface area contributed by atoms with Crippen molar-refractivity contribution < 1.29 is 27.6 Å². The topological polar surface area (TPSA) is 88.2 Å². The first kappa shape index (κ1) is 18.4. The third-order valence-electron chi connectivity index (χ3n) is 3.50. The summed E-state index contributed by atoms with van der Waals surface area (Å²) < 4.78 is 44.9. The molecule has 24 heavy (non-hydrogen) atoms. The third-order valence-corrected chi connectivity index (χ3v) is 4.61. The van der Waals surface area contributed by atoms with Crippen molar-refractivity contribution in [2.24, 2.45) is 0 Å². The van der Waals surface area contributed by atoms with Gasteiger partial charge in [0.2, 0.25) is 11.5 Å². The molecule has 1 atom stereocenters. The summed E-state index contributed by atoms with van der Waals surface area (Å²) in [6, 6.07) is 0. The molecule has 0 saturated heterocycles. The average Bonchev–Trinajstić information content (AvgIpc) is 3.03. The molecule has 6 nitrogen and oxygen atoms in total. The summed E-state index contributed by atoms with van der Waals surface area (Å²) in [6.07, 6.45) is -6.20. The van der Waals surface area contributed by atoms with Gasteiger partial charge >= 0.3 is 6.18 Å². The molecule has 2 aromatic heterocycles. The number of nitrogens with one attached hydrogen (secondary N) is 1. The Morgan fingerprint density at radius 1 is 1.38 bits per heavy atom. The fourth-order valence-electron chi connectivity index (χ4n) is 2.08. The second-order valence-corrected chi connectivity index (χ2v) is 6.27. The molecule has 2 rings (SSSR count). The molecule has 0 unspecified atom stereocenters. The Hall–Kier alpha value is -1.94. The van der Waals surface area contributed by atoms with Crippen LogP contribution in [0.5, 0.6) is 0 Å². The highest BCUT2D eigenvalue weighted by molar-refractivity contribution is 7.09. The summed E-state index contributed by atoms with van der Waals surface area (Å²) in [4.78, 5) is 15.6. The monoisotopic (exact) mass is 363 g/mol. The van der Waals surface area contributed by atoms with E-state index >= 15 is 0 Å². The maximum absolute atomic E-state index is 13.3. The van der Waals surface area contributed by atoms with E-state index in [1.54, 1.807) is 13.8 Å². The van der Waals surface area contributed by atoms with Crippen LogP contribution in [0.3, 0.4) is 0 Å². The second-order valence-electron chi connectivity index (χ2n) is 5.41. The van der Waals surface area contributed by atoms with E-state index in [-0.39, 0.29) is 6.54 Å². The molecule has 0 saturated carbocycles. The highest BCUT2D eigenvalue weighted by Crippen LogP contribution is 2.42. The molecule has 10 heteroatoms. The van der Waals surface area contributed by atoms with E-state index in [1.165, 1.54) is 12.3 Å². The number of hydrogen-bond donors (Lipinski definition) is 2. The Labute approximate surface area is 139 Å². The van der Waals surface area contributed by atoms with Crippen LogP contribution in [0.15, 0.2) is 9.90 Å². The van der Waals surface area contributed by atoms with Crippen molar-refractivity contribution in [2.45, 2.75) is 45.5 Å². The summed E-state index contributed by atoms with van der Waals surface area (Å²) in [6.45, 7) is 4.76. The van der Waals surface area contributed by atoms with E-state index in [9.17, 15) is 23.1 Å². The Bertz CT molecular complexity index is 722. The molecular formula is C14H16F3N3O3S. The standard InChI is InChI=1S/C14H16F3N3O3S/c1-7-6-24-12(19-7)13(22,14(15,16)17)4-11(21)18-5-10-8(2)20-23-9(10)3/h6,22H,4-5H2,1-3H3,(H,18,21)/t13-/m1/s1. The molecule has 2 N–H and O–H groups in total. The normalized spacial score (nSPS) is 14.5. The molecule has 1 amide bonds. The Kier molecular flexibility index (Phi) is 5.00. The molecule has 0 bridgehead atoms. The zero-order valence-corrected chi connectivity index (χ0v) is 14.0. The molecule has 0 radical (unpaired) electrons. The van der Waals surface area contributed by atoms with Gasteiger partial charge in [-0.2, -0.15) is 13.2 Å². The number of alkyl halides is 3. The van der Waals surface area contributed by atoms with Gasteiger partial charge in [0.05, 0.1) is 12.1 Å². The Morgan fingerprint density at radius 3 is 2.50 bits per heavy atom. The van der Waals surface area contributed by atoms with Crippen LogP contribution in [0.25, 0.3) is 0 Å². The van der Waals surface area contributed by atoms with Gasteiger partial charge < -0.3 is 14.9 Å². The van der Waals surface area contributed by atoms with Crippen LogP contribution in [-0.2, 0) is 16.9 Å². The molecule has 0 fully saturated rings. The van der Waals surface area contributed by atoms with Crippen LogP contribution in [0.1, 0.15) is 34.1 Å². The highest BCUT2D eigenvalue weighted by atomic mass is 32.1. The lowest BCUT2D eigenvalue weighted by atomic mass is 9.99. The minimum atomic E-state index is -5.03. The molecule has 0 aliphatic rings. The van der Waals surface area contributed by atoms with Crippen molar-refractivity contribution in [3.8, 4) is 0 Å². The predicted molar refractivity (Wildman–Crippen MR) is 79.2 cm³/mol. The minimum Gasteiger partial charge on any atom is -0.374 e. The number of aromatic nitrogens is 2. The quantitative estimate of drug-likeness (QED) is 0.852. The smallest absolute Gasteiger partial charge is 0.374 e. The minimum absolute atomic E-state index is 0.0369. The van der Waals surface area contributed by atoms with Gasteiger partial charge in [0, 0.05) is 23.2 Å². The Balaban J connectivity index is 2.14. The predicted octanol–water partition coefficient (Wildman–Crippen LogP) is 2.51.